The maximum atomic E-state index is 5.26. The Balaban J connectivity index is 1.63. The molecule has 0 unspecified atom stereocenters. The average Bonchev–Trinajstić information content (AvgIpc) is 2.79. The molecule has 80 valence electrons. The van der Waals surface area contributed by atoms with E-state index in [1.165, 1.54) is 0 Å². The van der Waals surface area contributed by atoms with Crippen LogP contribution in [0.15, 0.2) is 42.4 Å². The summed E-state index contributed by atoms with van der Waals surface area (Å²) in [6.45, 7) is 1.36. The average molecular weight is 207 g/mol. The number of hydroxylamine groups is 1. The van der Waals surface area contributed by atoms with Gasteiger partial charge in [-0.05, 0) is 5.56 Å². The molecule has 1 heterocycles. The molecule has 15 heavy (non-hydrogen) atoms. The summed E-state index contributed by atoms with van der Waals surface area (Å²) in [6.07, 6.45) is 1.58. The van der Waals surface area contributed by atoms with Gasteiger partial charge in [0.1, 0.15) is 6.26 Å². The smallest absolute Gasteiger partial charge is 0.229 e. The summed E-state index contributed by atoms with van der Waals surface area (Å²) in [4.78, 5) is 5.26. The van der Waals surface area contributed by atoms with Crippen LogP contribution in [0.1, 0.15) is 5.56 Å². The molecule has 0 bridgehead atoms. The highest BCUT2D eigenvalue weighted by atomic mass is 16.7. The Bertz CT molecular complexity index is 324. The normalized spacial score (nSPS) is 14.3. The van der Waals surface area contributed by atoms with Crippen molar-refractivity contribution in [1.29, 1.82) is 0 Å². The van der Waals surface area contributed by atoms with Gasteiger partial charge in [0.25, 0.3) is 0 Å². The van der Waals surface area contributed by atoms with Gasteiger partial charge in [-0.3, -0.25) is 4.84 Å². The highest BCUT2D eigenvalue weighted by Gasteiger charge is 2.04. The van der Waals surface area contributed by atoms with Crippen molar-refractivity contribution in [1.82, 2.24) is 5.48 Å². The molecule has 0 atom stereocenters. The van der Waals surface area contributed by atoms with Crippen molar-refractivity contribution in [2.75, 3.05) is 13.3 Å². The first-order chi connectivity index (χ1) is 7.45. The third-order valence-corrected chi connectivity index (χ3v) is 1.96. The second kappa shape index (κ2) is 5.38. The Labute approximate surface area is 88.4 Å². The third-order valence-electron chi connectivity index (χ3n) is 1.96. The van der Waals surface area contributed by atoms with Crippen LogP contribution in [0.2, 0.25) is 0 Å². The lowest BCUT2D eigenvalue weighted by Gasteiger charge is -2.05. The van der Waals surface area contributed by atoms with E-state index in [4.69, 9.17) is 14.3 Å². The lowest BCUT2D eigenvalue weighted by atomic mass is 10.2. The van der Waals surface area contributed by atoms with Gasteiger partial charge in [0.2, 0.25) is 6.79 Å². The minimum absolute atomic E-state index is 0.301. The van der Waals surface area contributed by atoms with E-state index in [0.717, 1.165) is 11.3 Å². The summed E-state index contributed by atoms with van der Waals surface area (Å²) in [5.74, 6) is 0.753. The largest absolute Gasteiger partial charge is 0.462 e. The van der Waals surface area contributed by atoms with Gasteiger partial charge >= 0.3 is 0 Å². The summed E-state index contributed by atoms with van der Waals surface area (Å²) in [5, 5.41) is 0. The Morgan fingerprint density at radius 2 is 2.13 bits per heavy atom. The van der Waals surface area contributed by atoms with Crippen LogP contribution in [-0.4, -0.2) is 13.3 Å². The highest BCUT2D eigenvalue weighted by molar-refractivity contribution is 5.13. The van der Waals surface area contributed by atoms with E-state index in [2.05, 4.69) is 5.48 Å². The summed E-state index contributed by atoms with van der Waals surface area (Å²) in [7, 11) is 0. The molecular formula is C11H13NO3. The van der Waals surface area contributed by atoms with Crippen LogP contribution in [0.5, 0.6) is 0 Å². The van der Waals surface area contributed by atoms with Crippen molar-refractivity contribution >= 4 is 0 Å². The number of benzene rings is 1. The van der Waals surface area contributed by atoms with E-state index >= 15 is 0 Å². The standard InChI is InChI=1S/C11H13NO3/c1-2-4-10(5-3-1)7-15-12-6-11-8-13-9-14-11/h1-5,8,12H,6-7,9H2. The first-order valence-electron chi connectivity index (χ1n) is 4.77. The zero-order valence-electron chi connectivity index (χ0n) is 8.31. The Morgan fingerprint density at radius 1 is 1.27 bits per heavy atom. The number of nitrogens with one attached hydrogen (secondary N) is 1. The van der Waals surface area contributed by atoms with Crippen molar-refractivity contribution in [3.8, 4) is 0 Å². The number of hydrogen-bond donors (Lipinski definition) is 1. The molecule has 2 rings (SSSR count). The summed E-state index contributed by atoms with van der Waals surface area (Å²) in [5.41, 5.74) is 3.93. The Kier molecular flexibility index (Phi) is 3.59. The lowest BCUT2D eigenvalue weighted by Crippen LogP contribution is -2.17. The fourth-order valence-corrected chi connectivity index (χ4v) is 1.19. The molecular weight excluding hydrogens is 194 g/mol. The Morgan fingerprint density at radius 3 is 2.87 bits per heavy atom. The molecule has 0 spiro atoms. The molecule has 0 fully saturated rings. The van der Waals surface area contributed by atoms with Gasteiger partial charge in [-0.2, -0.15) is 5.48 Å². The van der Waals surface area contributed by atoms with Crippen molar-refractivity contribution in [2.24, 2.45) is 0 Å². The second-order valence-corrected chi connectivity index (χ2v) is 3.11. The van der Waals surface area contributed by atoms with Gasteiger partial charge in [-0.15, -0.1) is 0 Å². The molecule has 1 N–H and O–H groups in total. The molecule has 0 aromatic heterocycles. The molecule has 0 radical (unpaired) electrons. The lowest BCUT2D eigenvalue weighted by molar-refractivity contribution is 0.0193. The van der Waals surface area contributed by atoms with Gasteiger partial charge < -0.3 is 9.47 Å². The SMILES string of the molecule is C1=C(CNOCc2ccccc2)OCO1. The second-order valence-electron chi connectivity index (χ2n) is 3.11. The van der Waals surface area contributed by atoms with Crippen molar-refractivity contribution < 1.29 is 14.3 Å². The number of hydrogen-bond acceptors (Lipinski definition) is 4. The van der Waals surface area contributed by atoms with E-state index in [9.17, 15) is 0 Å². The van der Waals surface area contributed by atoms with Crippen molar-refractivity contribution in [3.05, 3.63) is 47.9 Å². The fourth-order valence-electron chi connectivity index (χ4n) is 1.19. The van der Waals surface area contributed by atoms with Crippen LogP contribution >= 0.6 is 0 Å². The van der Waals surface area contributed by atoms with Crippen LogP contribution in [0, 0.1) is 0 Å². The van der Waals surface area contributed by atoms with Gasteiger partial charge in [0.05, 0.1) is 13.2 Å². The van der Waals surface area contributed by atoms with Crippen LogP contribution < -0.4 is 5.48 Å². The molecule has 1 aliphatic rings. The maximum Gasteiger partial charge on any atom is 0.229 e. The summed E-state index contributed by atoms with van der Waals surface area (Å²) >= 11 is 0. The predicted octanol–water partition coefficient (Wildman–Crippen LogP) is 1.55. The minimum Gasteiger partial charge on any atom is -0.462 e. The van der Waals surface area contributed by atoms with Gasteiger partial charge in [-0.25, -0.2) is 0 Å². The topological polar surface area (TPSA) is 39.7 Å². The molecule has 4 heteroatoms. The number of rotatable bonds is 5. The van der Waals surface area contributed by atoms with Crippen LogP contribution in [0.3, 0.4) is 0 Å². The molecule has 1 aliphatic heterocycles. The van der Waals surface area contributed by atoms with E-state index in [0.29, 0.717) is 19.9 Å². The zero-order chi connectivity index (χ0) is 10.3. The van der Waals surface area contributed by atoms with Gasteiger partial charge in [-0.1, -0.05) is 30.3 Å². The molecule has 0 saturated carbocycles. The van der Waals surface area contributed by atoms with Crippen molar-refractivity contribution in [2.45, 2.75) is 6.61 Å². The zero-order valence-corrected chi connectivity index (χ0v) is 8.31. The van der Waals surface area contributed by atoms with Gasteiger partial charge in [0, 0.05) is 0 Å². The van der Waals surface area contributed by atoms with Gasteiger partial charge in [0.15, 0.2) is 5.76 Å². The highest BCUT2D eigenvalue weighted by Crippen LogP contribution is 2.04. The molecule has 1 aromatic rings. The first kappa shape index (κ1) is 10.0. The van der Waals surface area contributed by atoms with Crippen LogP contribution in [-0.2, 0) is 20.9 Å². The fraction of sp³-hybridized carbons (Fsp3) is 0.273. The monoisotopic (exact) mass is 207 g/mol. The summed E-state index contributed by atoms with van der Waals surface area (Å²) in [6, 6.07) is 9.96. The molecule has 0 aliphatic carbocycles. The van der Waals surface area contributed by atoms with Crippen LogP contribution in [0.4, 0.5) is 0 Å². The molecule has 0 saturated heterocycles. The van der Waals surface area contributed by atoms with E-state index in [1.807, 2.05) is 30.3 Å². The summed E-state index contributed by atoms with van der Waals surface area (Å²) < 4.78 is 9.99. The Hall–Kier alpha value is -1.52. The van der Waals surface area contributed by atoms with E-state index in [1.54, 1.807) is 6.26 Å². The minimum atomic E-state index is 0.301. The quantitative estimate of drug-likeness (QED) is 0.587. The van der Waals surface area contributed by atoms with E-state index in [-0.39, 0.29) is 0 Å². The third kappa shape index (κ3) is 3.27. The molecule has 0 amide bonds. The molecule has 4 nitrogen and oxygen atoms in total. The van der Waals surface area contributed by atoms with E-state index < -0.39 is 0 Å². The van der Waals surface area contributed by atoms with Crippen molar-refractivity contribution in [3.63, 3.8) is 0 Å². The van der Waals surface area contributed by atoms with Crippen LogP contribution in [0.25, 0.3) is 0 Å². The number of ether oxygens (including phenoxy) is 2. The predicted molar refractivity (Wildman–Crippen MR) is 54.4 cm³/mol. The first-order valence-corrected chi connectivity index (χ1v) is 4.77. The maximum absolute atomic E-state index is 5.26. The molecule has 1 aromatic carbocycles.